The summed E-state index contributed by atoms with van der Waals surface area (Å²) in [5.41, 5.74) is 9.28. The number of amides is 1. The molecule has 9 nitrogen and oxygen atoms in total. The molecular weight excluding hydrogens is 344 g/mol. The monoisotopic (exact) mass is 372 g/mol. The minimum absolute atomic E-state index is 0.00701. The highest BCUT2D eigenvalue weighted by atomic mass is 16.2. The van der Waals surface area contributed by atoms with E-state index in [0.717, 1.165) is 61.3 Å². The standard InChI is InChI=1S/C18H28N8O/c1-5-26-14(4)17(13(3)23-26)22-16(27)11-24-6-8-25(9-7-24)15-10-12(2)20-18(19)21-15/h10H,5-9,11H2,1-4H3,(H,22,27)(H2,19,20,21). The lowest BCUT2D eigenvalue weighted by Gasteiger charge is -2.35. The predicted molar refractivity (Wildman–Crippen MR) is 106 cm³/mol. The molecule has 0 atom stereocenters. The van der Waals surface area contributed by atoms with Gasteiger partial charge in [-0.15, -0.1) is 0 Å². The molecule has 3 heterocycles. The summed E-state index contributed by atoms with van der Waals surface area (Å²) in [6, 6.07) is 1.94. The molecule has 3 N–H and O–H groups in total. The van der Waals surface area contributed by atoms with E-state index in [2.05, 4.69) is 30.2 Å². The lowest BCUT2D eigenvalue weighted by atomic mass is 10.2. The summed E-state index contributed by atoms with van der Waals surface area (Å²) in [5.74, 6) is 1.14. The van der Waals surface area contributed by atoms with Crippen LogP contribution in [0.5, 0.6) is 0 Å². The number of nitrogens with one attached hydrogen (secondary N) is 1. The van der Waals surface area contributed by atoms with Crippen LogP contribution >= 0.6 is 0 Å². The molecule has 0 aliphatic carbocycles. The van der Waals surface area contributed by atoms with E-state index in [-0.39, 0.29) is 5.91 Å². The third-order valence-corrected chi connectivity index (χ3v) is 4.87. The Labute approximate surface area is 159 Å². The Hall–Kier alpha value is -2.68. The fourth-order valence-electron chi connectivity index (χ4n) is 3.44. The van der Waals surface area contributed by atoms with Crippen LogP contribution in [0.2, 0.25) is 0 Å². The zero-order valence-corrected chi connectivity index (χ0v) is 16.5. The number of carbonyl (C=O) groups excluding carboxylic acids is 1. The van der Waals surface area contributed by atoms with Crippen molar-refractivity contribution in [1.82, 2.24) is 24.6 Å². The summed E-state index contributed by atoms with van der Waals surface area (Å²) in [5, 5.41) is 7.47. The number of nitrogens with two attached hydrogens (primary N) is 1. The van der Waals surface area contributed by atoms with Crippen LogP contribution < -0.4 is 16.0 Å². The van der Waals surface area contributed by atoms with Crippen molar-refractivity contribution >= 4 is 23.4 Å². The number of anilines is 3. The van der Waals surface area contributed by atoms with Crippen LogP contribution in [0.4, 0.5) is 17.5 Å². The van der Waals surface area contributed by atoms with Crippen LogP contribution in [0, 0.1) is 20.8 Å². The summed E-state index contributed by atoms with van der Waals surface area (Å²) in [4.78, 5) is 25.2. The van der Waals surface area contributed by atoms with Gasteiger partial charge in [-0.25, -0.2) is 4.98 Å². The summed E-state index contributed by atoms with van der Waals surface area (Å²) >= 11 is 0. The van der Waals surface area contributed by atoms with Gasteiger partial charge in [-0.3, -0.25) is 14.4 Å². The zero-order valence-electron chi connectivity index (χ0n) is 16.5. The molecule has 2 aromatic rings. The fourth-order valence-corrected chi connectivity index (χ4v) is 3.44. The van der Waals surface area contributed by atoms with Gasteiger partial charge < -0.3 is 16.0 Å². The van der Waals surface area contributed by atoms with E-state index >= 15 is 0 Å². The Kier molecular flexibility index (Phi) is 5.59. The number of hydrogen-bond acceptors (Lipinski definition) is 7. The normalized spacial score (nSPS) is 15.2. The number of nitrogens with zero attached hydrogens (tertiary/aromatic N) is 6. The first kappa shape index (κ1) is 19.1. The second-order valence-corrected chi connectivity index (χ2v) is 6.90. The van der Waals surface area contributed by atoms with Gasteiger partial charge in [0, 0.05) is 44.5 Å². The van der Waals surface area contributed by atoms with Crippen LogP contribution in [0.25, 0.3) is 0 Å². The average Bonchev–Trinajstić information content (AvgIpc) is 2.89. The van der Waals surface area contributed by atoms with Gasteiger partial charge >= 0.3 is 0 Å². The second kappa shape index (κ2) is 7.91. The Morgan fingerprint density at radius 2 is 1.89 bits per heavy atom. The molecule has 1 aliphatic rings. The Bertz CT molecular complexity index is 803. The number of aromatic nitrogens is 4. The summed E-state index contributed by atoms with van der Waals surface area (Å²) in [6.45, 7) is 12.2. The number of carbonyl (C=O) groups is 1. The van der Waals surface area contributed by atoms with Crippen LogP contribution in [-0.4, -0.2) is 63.3 Å². The molecular formula is C18H28N8O. The minimum atomic E-state index is -0.00701. The molecule has 0 bridgehead atoms. The van der Waals surface area contributed by atoms with Crippen molar-refractivity contribution in [3.8, 4) is 0 Å². The Morgan fingerprint density at radius 1 is 1.19 bits per heavy atom. The molecule has 0 unspecified atom stereocenters. The number of hydrogen-bond donors (Lipinski definition) is 2. The van der Waals surface area contributed by atoms with Crippen molar-refractivity contribution in [2.24, 2.45) is 0 Å². The highest BCUT2D eigenvalue weighted by Gasteiger charge is 2.21. The summed E-state index contributed by atoms with van der Waals surface area (Å²) < 4.78 is 1.90. The highest BCUT2D eigenvalue weighted by molar-refractivity contribution is 5.93. The van der Waals surface area contributed by atoms with Gasteiger partial charge in [0.2, 0.25) is 11.9 Å². The fraction of sp³-hybridized carbons (Fsp3) is 0.556. The van der Waals surface area contributed by atoms with E-state index in [4.69, 9.17) is 5.73 Å². The van der Waals surface area contributed by atoms with Gasteiger partial charge in [-0.1, -0.05) is 0 Å². The maximum atomic E-state index is 12.5. The van der Waals surface area contributed by atoms with E-state index in [0.29, 0.717) is 12.5 Å². The lowest BCUT2D eigenvalue weighted by Crippen LogP contribution is -2.49. The molecule has 0 saturated carbocycles. The third kappa shape index (κ3) is 4.36. The first-order chi connectivity index (χ1) is 12.9. The number of rotatable bonds is 5. The maximum absolute atomic E-state index is 12.5. The molecule has 0 aromatic carbocycles. The van der Waals surface area contributed by atoms with Crippen molar-refractivity contribution in [2.45, 2.75) is 34.2 Å². The first-order valence-electron chi connectivity index (χ1n) is 9.29. The lowest BCUT2D eigenvalue weighted by molar-refractivity contribution is -0.117. The van der Waals surface area contributed by atoms with Gasteiger partial charge in [-0.2, -0.15) is 10.1 Å². The van der Waals surface area contributed by atoms with Gasteiger partial charge in [0.1, 0.15) is 5.82 Å². The van der Waals surface area contributed by atoms with Crippen LogP contribution in [0.15, 0.2) is 6.07 Å². The Balaban J connectivity index is 1.54. The molecule has 0 spiro atoms. The topological polar surface area (TPSA) is 105 Å². The Morgan fingerprint density at radius 3 is 2.48 bits per heavy atom. The van der Waals surface area contributed by atoms with Gasteiger partial charge in [-0.05, 0) is 27.7 Å². The van der Waals surface area contributed by atoms with Gasteiger partial charge in [0.15, 0.2) is 0 Å². The van der Waals surface area contributed by atoms with E-state index in [1.165, 1.54) is 0 Å². The maximum Gasteiger partial charge on any atom is 0.238 e. The van der Waals surface area contributed by atoms with Gasteiger partial charge in [0.25, 0.3) is 0 Å². The van der Waals surface area contributed by atoms with E-state index in [1.54, 1.807) is 0 Å². The molecule has 1 saturated heterocycles. The SMILES string of the molecule is CCn1nc(C)c(NC(=O)CN2CCN(c3cc(C)nc(N)n3)CC2)c1C. The van der Waals surface area contributed by atoms with Crippen molar-refractivity contribution in [1.29, 1.82) is 0 Å². The smallest absolute Gasteiger partial charge is 0.238 e. The summed E-state index contributed by atoms with van der Waals surface area (Å²) in [7, 11) is 0. The van der Waals surface area contributed by atoms with Crippen LogP contribution in [0.1, 0.15) is 24.0 Å². The third-order valence-electron chi connectivity index (χ3n) is 4.87. The summed E-state index contributed by atoms with van der Waals surface area (Å²) in [6.07, 6.45) is 0. The zero-order chi connectivity index (χ0) is 19.6. The molecule has 0 radical (unpaired) electrons. The number of nitrogen functional groups attached to an aromatic ring is 1. The van der Waals surface area contributed by atoms with Crippen LogP contribution in [0.3, 0.4) is 0 Å². The van der Waals surface area contributed by atoms with E-state index < -0.39 is 0 Å². The van der Waals surface area contributed by atoms with E-state index in [1.807, 2.05) is 38.4 Å². The quantitative estimate of drug-likeness (QED) is 0.805. The molecule has 9 heteroatoms. The minimum Gasteiger partial charge on any atom is -0.368 e. The molecule has 3 rings (SSSR count). The van der Waals surface area contributed by atoms with Crippen molar-refractivity contribution in [2.75, 3.05) is 48.7 Å². The number of aryl methyl sites for hydroxylation is 3. The van der Waals surface area contributed by atoms with E-state index in [9.17, 15) is 4.79 Å². The van der Waals surface area contributed by atoms with Gasteiger partial charge in [0.05, 0.1) is 23.6 Å². The molecule has 2 aromatic heterocycles. The molecule has 1 amide bonds. The van der Waals surface area contributed by atoms with Crippen molar-refractivity contribution < 1.29 is 4.79 Å². The number of piperazine rings is 1. The average molecular weight is 372 g/mol. The largest absolute Gasteiger partial charge is 0.368 e. The molecule has 1 aliphatic heterocycles. The molecule has 1 fully saturated rings. The predicted octanol–water partition coefficient (Wildman–Crippen LogP) is 0.961. The molecule has 146 valence electrons. The highest BCUT2D eigenvalue weighted by Crippen LogP contribution is 2.20. The van der Waals surface area contributed by atoms with Crippen molar-refractivity contribution in [3.63, 3.8) is 0 Å². The molecule has 27 heavy (non-hydrogen) atoms. The van der Waals surface area contributed by atoms with Crippen LogP contribution in [-0.2, 0) is 11.3 Å². The first-order valence-corrected chi connectivity index (χ1v) is 9.29. The van der Waals surface area contributed by atoms with Crippen molar-refractivity contribution in [3.05, 3.63) is 23.1 Å². The second-order valence-electron chi connectivity index (χ2n) is 6.90.